The molecule has 6 nitrogen and oxygen atoms in total. The lowest BCUT2D eigenvalue weighted by Gasteiger charge is -2.11. The largest absolute Gasteiger partial charge is 0.385 e. The standard InChI is InChI=1S/C13H29N3O3.HI/c1-14-13(16-8-6-9-17-2)15-7-4-5-10-19-12-11-18-3;/h4-12H2,1-3H3,(H2,14,15,16);1H. The van der Waals surface area contributed by atoms with Crippen LogP contribution in [0, 0.1) is 0 Å². The lowest BCUT2D eigenvalue weighted by atomic mass is 10.3. The van der Waals surface area contributed by atoms with Crippen LogP contribution >= 0.6 is 24.0 Å². The van der Waals surface area contributed by atoms with E-state index in [1.165, 1.54) is 0 Å². The molecule has 0 heterocycles. The molecular formula is C13H30IN3O3. The van der Waals surface area contributed by atoms with Crippen LogP contribution in [0.4, 0.5) is 0 Å². The molecule has 0 saturated heterocycles. The molecule has 0 fully saturated rings. The third-order valence-corrected chi connectivity index (χ3v) is 2.48. The summed E-state index contributed by atoms with van der Waals surface area (Å²) in [7, 11) is 5.17. The van der Waals surface area contributed by atoms with Gasteiger partial charge in [0.2, 0.25) is 0 Å². The molecule has 0 aromatic rings. The predicted octanol–water partition coefficient (Wildman–Crippen LogP) is 1.25. The number of hydrogen-bond donors (Lipinski definition) is 2. The lowest BCUT2D eigenvalue weighted by molar-refractivity contribution is 0.0689. The highest BCUT2D eigenvalue weighted by Crippen LogP contribution is 1.89. The molecule has 0 spiro atoms. The Hall–Kier alpha value is -0.120. The molecule has 0 aliphatic rings. The summed E-state index contributed by atoms with van der Waals surface area (Å²) < 4.78 is 15.3. The van der Waals surface area contributed by atoms with Crippen LogP contribution in [0.5, 0.6) is 0 Å². The number of halogens is 1. The minimum absolute atomic E-state index is 0. The van der Waals surface area contributed by atoms with E-state index in [1.807, 2.05) is 0 Å². The molecule has 20 heavy (non-hydrogen) atoms. The molecule has 0 rings (SSSR count). The Morgan fingerprint density at radius 3 is 2.10 bits per heavy atom. The van der Waals surface area contributed by atoms with Crippen molar-refractivity contribution in [1.82, 2.24) is 10.6 Å². The van der Waals surface area contributed by atoms with E-state index in [9.17, 15) is 0 Å². The molecule has 0 aliphatic carbocycles. The zero-order valence-electron chi connectivity index (χ0n) is 12.9. The summed E-state index contributed by atoms with van der Waals surface area (Å²) in [6.45, 7) is 4.65. The maximum atomic E-state index is 5.39. The van der Waals surface area contributed by atoms with Crippen LogP contribution in [0.2, 0.25) is 0 Å². The number of unbranched alkanes of at least 4 members (excludes halogenated alkanes) is 1. The SMILES string of the molecule is CN=C(NCCCCOCCOC)NCCCOC.I. The second-order valence-electron chi connectivity index (χ2n) is 4.08. The molecular weight excluding hydrogens is 373 g/mol. The summed E-state index contributed by atoms with van der Waals surface area (Å²) >= 11 is 0. The van der Waals surface area contributed by atoms with Gasteiger partial charge in [0.1, 0.15) is 0 Å². The molecule has 7 heteroatoms. The number of rotatable bonds is 12. The van der Waals surface area contributed by atoms with Crippen molar-refractivity contribution in [3.63, 3.8) is 0 Å². The van der Waals surface area contributed by atoms with E-state index in [2.05, 4.69) is 15.6 Å². The van der Waals surface area contributed by atoms with Crippen molar-refractivity contribution < 1.29 is 14.2 Å². The Balaban J connectivity index is 0. The lowest BCUT2D eigenvalue weighted by Crippen LogP contribution is -2.38. The summed E-state index contributed by atoms with van der Waals surface area (Å²) in [4.78, 5) is 4.15. The van der Waals surface area contributed by atoms with Crippen molar-refractivity contribution in [2.75, 3.05) is 60.8 Å². The summed E-state index contributed by atoms with van der Waals surface area (Å²) in [6, 6.07) is 0. The predicted molar refractivity (Wildman–Crippen MR) is 93.2 cm³/mol. The van der Waals surface area contributed by atoms with Gasteiger partial charge in [-0.2, -0.15) is 0 Å². The van der Waals surface area contributed by atoms with Crippen molar-refractivity contribution in [3.8, 4) is 0 Å². The number of methoxy groups -OCH3 is 2. The summed E-state index contributed by atoms with van der Waals surface area (Å²) in [5, 5.41) is 6.50. The first kappa shape index (κ1) is 22.2. The second kappa shape index (κ2) is 18.9. The average Bonchev–Trinajstić information content (AvgIpc) is 2.44. The molecule has 0 aromatic heterocycles. The zero-order chi connectivity index (χ0) is 14.2. The first-order valence-electron chi connectivity index (χ1n) is 6.85. The van der Waals surface area contributed by atoms with E-state index in [0.29, 0.717) is 13.2 Å². The Bertz CT molecular complexity index is 219. The topological polar surface area (TPSA) is 64.1 Å². The van der Waals surface area contributed by atoms with E-state index in [4.69, 9.17) is 14.2 Å². The van der Waals surface area contributed by atoms with Gasteiger partial charge >= 0.3 is 0 Å². The fourth-order valence-electron chi connectivity index (χ4n) is 1.42. The number of nitrogens with zero attached hydrogens (tertiary/aromatic N) is 1. The van der Waals surface area contributed by atoms with E-state index in [0.717, 1.165) is 51.5 Å². The number of guanidine groups is 1. The van der Waals surface area contributed by atoms with Gasteiger partial charge in [-0.15, -0.1) is 24.0 Å². The third kappa shape index (κ3) is 15.9. The number of aliphatic imine (C=N–C) groups is 1. The molecule has 0 unspecified atom stereocenters. The van der Waals surface area contributed by atoms with Crippen LogP contribution in [0.1, 0.15) is 19.3 Å². The van der Waals surface area contributed by atoms with Crippen LogP contribution in [-0.2, 0) is 14.2 Å². The molecule has 0 atom stereocenters. The zero-order valence-corrected chi connectivity index (χ0v) is 15.3. The quantitative estimate of drug-likeness (QED) is 0.222. The monoisotopic (exact) mass is 403 g/mol. The van der Waals surface area contributed by atoms with Gasteiger partial charge in [-0.05, 0) is 19.3 Å². The van der Waals surface area contributed by atoms with Gasteiger partial charge in [0.25, 0.3) is 0 Å². The molecule has 0 radical (unpaired) electrons. The molecule has 0 aliphatic heterocycles. The average molecular weight is 403 g/mol. The van der Waals surface area contributed by atoms with Gasteiger partial charge in [0, 0.05) is 47.6 Å². The van der Waals surface area contributed by atoms with Crippen LogP contribution in [0.15, 0.2) is 4.99 Å². The van der Waals surface area contributed by atoms with Gasteiger partial charge in [-0.25, -0.2) is 0 Å². The van der Waals surface area contributed by atoms with E-state index < -0.39 is 0 Å². The number of ether oxygens (including phenoxy) is 3. The molecule has 0 bridgehead atoms. The normalized spacial score (nSPS) is 11.1. The second-order valence-corrected chi connectivity index (χ2v) is 4.08. The summed E-state index contributed by atoms with van der Waals surface area (Å²) in [6.07, 6.45) is 3.08. The maximum absolute atomic E-state index is 5.39. The Morgan fingerprint density at radius 2 is 1.50 bits per heavy atom. The summed E-state index contributed by atoms with van der Waals surface area (Å²) in [5.74, 6) is 0.844. The van der Waals surface area contributed by atoms with Crippen molar-refractivity contribution in [2.45, 2.75) is 19.3 Å². The number of nitrogens with one attached hydrogen (secondary N) is 2. The van der Waals surface area contributed by atoms with Gasteiger partial charge in [-0.1, -0.05) is 0 Å². The Kier molecular flexibility index (Phi) is 20.9. The molecule has 0 aromatic carbocycles. The van der Waals surface area contributed by atoms with Crippen molar-refractivity contribution in [3.05, 3.63) is 0 Å². The number of hydrogen-bond acceptors (Lipinski definition) is 4. The first-order chi connectivity index (χ1) is 9.35. The minimum atomic E-state index is 0. The van der Waals surface area contributed by atoms with Crippen LogP contribution in [-0.4, -0.2) is 66.7 Å². The molecule has 2 N–H and O–H groups in total. The fraction of sp³-hybridized carbons (Fsp3) is 0.923. The van der Waals surface area contributed by atoms with E-state index >= 15 is 0 Å². The minimum Gasteiger partial charge on any atom is -0.385 e. The maximum Gasteiger partial charge on any atom is 0.190 e. The third-order valence-electron chi connectivity index (χ3n) is 2.48. The molecule has 122 valence electrons. The van der Waals surface area contributed by atoms with Crippen molar-refractivity contribution in [2.24, 2.45) is 4.99 Å². The van der Waals surface area contributed by atoms with E-state index in [1.54, 1.807) is 21.3 Å². The van der Waals surface area contributed by atoms with Crippen molar-refractivity contribution in [1.29, 1.82) is 0 Å². The molecule has 0 amide bonds. The smallest absolute Gasteiger partial charge is 0.190 e. The highest BCUT2D eigenvalue weighted by molar-refractivity contribution is 14.0. The van der Waals surface area contributed by atoms with Crippen LogP contribution < -0.4 is 10.6 Å². The van der Waals surface area contributed by atoms with Crippen LogP contribution in [0.3, 0.4) is 0 Å². The van der Waals surface area contributed by atoms with E-state index in [-0.39, 0.29) is 24.0 Å². The van der Waals surface area contributed by atoms with Gasteiger partial charge in [0.05, 0.1) is 13.2 Å². The first-order valence-corrected chi connectivity index (χ1v) is 6.85. The van der Waals surface area contributed by atoms with Gasteiger partial charge in [-0.3, -0.25) is 4.99 Å². The fourth-order valence-corrected chi connectivity index (χ4v) is 1.42. The highest BCUT2D eigenvalue weighted by atomic mass is 127. The Morgan fingerprint density at radius 1 is 0.850 bits per heavy atom. The highest BCUT2D eigenvalue weighted by Gasteiger charge is 1.96. The Labute approximate surface area is 140 Å². The molecule has 0 saturated carbocycles. The summed E-state index contributed by atoms with van der Waals surface area (Å²) in [5.41, 5.74) is 0. The van der Waals surface area contributed by atoms with Crippen molar-refractivity contribution >= 4 is 29.9 Å². The van der Waals surface area contributed by atoms with Gasteiger partial charge < -0.3 is 24.8 Å². The van der Waals surface area contributed by atoms with Gasteiger partial charge in [0.15, 0.2) is 5.96 Å². The van der Waals surface area contributed by atoms with Crippen LogP contribution in [0.25, 0.3) is 0 Å².